The van der Waals surface area contributed by atoms with Crippen LogP contribution in [-0.4, -0.2) is 36.0 Å². The summed E-state index contributed by atoms with van der Waals surface area (Å²) in [6, 6.07) is 0.956. The Bertz CT molecular complexity index is 190. The average Bonchev–Trinajstić information content (AvgIpc) is 2.55. The first-order valence-corrected chi connectivity index (χ1v) is 5.75. The van der Waals surface area contributed by atoms with Gasteiger partial charge in [0.2, 0.25) is 5.91 Å². The van der Waals surface area contributed by atoms with Crippen LogP contribution >= 0.6 is 0 Å². The predicted molar refractivity (Wildman–Crippen MR) is 58.2 cm³/mol. The highest BCUT2D eigenvalue weighted by Crippen LogP contribution is 2.12. The maximum absolute atomic E-state index is 11.5. The quantitative estimate of drug-likeness (QED) is 0.724. The lowest BCUT2D eigenvalue weighted by atomic mass is 10.1. The second kappa shape index (κ2) is 5.35. The third kappa shape index (κ3) is 2.71. The molecule has 1 saturated heterocycles. The van der Waals surface area contributed by atoms with Crippen molar-refractivity contribution in [1.82, 2.24) is 10.2 Å². The summed E-state index contributed by atoms with van der Waals surface area (Å²) in [6.07, 6.45) is 2.98. The monoisotopic (exact) mass is 198 g/mol. The fourth-order valence-electron chi connectivity index (χ4n) is 2.05. The first-order chi connectivity index (χ1) is 6.71. The number of likely N-dealkylation sites (N-methyl/N-ethyl adjacent to an activating group) is 1. The minimum atomic E-state index is 0.302. The zero-order chi connectivity index (χ0) is 10.6. The summed E-state index contributed by atoms with van der Waals surface area (Å²) < 4.78 is 0. The fourth-order valence-corrected chi connectivity index (χ4v) is 2.05. The summed E-state index contributed by atoms with van der Waals surface area (Å²) in [5, 5.41) is 3.55. The van der Waals surface area contributed by atoms with E-state index in [1.807, 2.05) is 11.8 Å². The zero-order valence-electron chi connectivity index (χ0n) is 9.55. The molecule has 0 aromatic rings. The van der Waals surface area contributed by atoms with Crippen LogP contribution in [0.2, 0.25) is 0 Å². The van der Waals surface area contributed by atoms with E-state index in [9.17, 15) is 4.79 Å². The van der Waals surface area contributed by atoms with Crippen molar-refractivity contribution in [1.29, 1.82) is 0 Å². The molecule has 3 heteroatoms. The average molecular weight is 198 g/mol. The van der Waals surface area contributed by atoms with E-state index >= 15 is 0 Å². The van der Waals surface area contributed by atoms with Gasteiger partial charge in [-0.1, -0.05) is 13.8 Å². The smallest absolute Gasteiger partial charge is 0.224 e. The van der Waals surface area contributed by atoms with Crippen molar-refractivity contribution in [2.45, 2.75) is 52.1 Å². The topological polar surface area (TPSA) is 32.3 Å². The summed E-state index contributed by atoms with van der Waals surface area (Å²) in [6.45, 7) is 8.16. The van der Waals surface area contributed by atoms with Crippen molar-refractivity contribution in [3.63, 3.8) is 0 Å². The lowest BCUT2D eigenvalue weighted by Gasteiger charge is -2.20. The standard InChI is InChI=1S/C11H22N2O/c1-4-9(5-2)12-10-7-11(14)13(6-3)8-10/h9-10,12H,4-8H2,1-3H3/t10-/m0/s1. The molecule has 1 aliphatic rings. The van der Waals surface area contributed by atoms with Crippen molar-refractivity contribution in [3.05, 3.63) is 0 Å². The van der Waals surface area contributed by atoms with E-state index in [0.717, 1.165) is 25.9 Å². The van der Waals surface area contributed by atoms with Gasteiger partial charge in [-0.3, -0.25) is 4.79 Å². The molecule has 1 heterocycles. The highest BCUT2D eigenvalue weighted by Gasteiger charge is 2.28. The van der Waals surface area contributed by atoms with E-state index in [1.165, 1.54) is 0 Å². The lowest BCUT2D eigenvalue weighted by molar-refractivity contribution is -0.127. The van der Waals surface area contributed by atoms with Crippen molar-refractivity contribution in [2.24, 2.45) is 0 Å². The summed E-state index contributed by atoms with van der Waals surface area (Å²) >= 11 is 0. The van der Waals surface area contributed by atoms with Crippen LogP contribution < -0.4 is 5.32 Å². The van der Waals surface area contributed by atoms with Crippen LogP contribution in [0.15, 0.2) is 0 Å². The van der Waals surface area contributed by atoms with Crippen LogP contribution in [0.3, 0.4) is 0 Å². The van der Waals surface area contributed by atoms with Crippen LogP contribution in [0, 0.1) is 0 Å². The van der Waals surface area contributed by atoms with Gasteiger partial charge in [0, 0.05) is 31.6 Å². The number of amides is 1. The number of carbonyl (C=O) groups is 1. The first-order valence-electron chi connectivity index (χ1n) is 5.75. The summed E-state index contributed by atoms with van der Waals surface area (Å²) in [4.78, 5) is 13.4. The molecule has 1 fully saturated rings. The third-order valence-electron chi connectivity index (χ3n) is 3.05. The van der Waals surface area contributed by atoms with Crippen LogP contribution in [0.4, 0.5) is 0 Å². The predicted octanol–water partition coefficient (Wildman–Crippen LogP) is 1.39. The SMILES string of the molecule is CCC(CC)N[C@H]1CC(=O)N(CC)C1. The summed E-state index contributed by atoms with van der Waals surface area (Å²) in [5.74, 6) is 0.302. The van der Waals surface area contributed by atoms with Crippen LogP contribution in [0.5, 0.6) is 0 Å². The second-order valence-corrected chi connectivity index (χ2v) is 4.01. The van der Waals surface area contributed by atoms with E-state index in [0.29, 0.717) is 24.4 Å². The molecule has 1 aliphatic heterocycles. The van der Waals surface area contributed by atoms with E-state index in [-0.39, 0.29) is 0 Å². The molecule has 3 nitrogen and oxygen atoms in total. The number of hydrogen-bond donors (Lipinski definition) is 1. The van der Waals surface area contributed by atoms with Crippen LogP contribution in [-0.2, 0) is 4.79 Å². The lowest BCUT2D eigenvalue weighted by Crippen LogP contribution is -2.39. The highest BCUT2D eigenvalue weighted by molar-refractivity contribution is 5.79. The van der Waals surface area contributed by atoms with Gasteiger partial charge >= 0.3 is 0 Å². The maximum Gasteiger partial charge on any atom is 0.224 e. The van der Waals surface area contributed by atoms with Crippen LogP contribution in [0.25, 0.3) is 0 Å². The normalized spacial score (nSPS) is 22.4. The molecule has 0 spiro atoms. The zero-order valence-corrected chi connectivity index (χ0v) is 9.55. The fraction of sp³-hybridized carbons (Fsp3) is 0.909. The number of rotatable bonds is 5. The summed E-state index contributed by atoms with van der Waals surface area (Å²) in [5.41, 5.74) is 0. The Hall–Kier alpha value is -0.570. The minimum absolute atomic E-state index is 0.302. The Morgan fingerprint density at radius 2 is 2.07 bits per heavy atom. The third-order valence-corrected chi connectivity index (χ3v) is 3.05. The van der Waals surface area contributed by atoms with Crippen molar-refractivity contribution >= 4 is 5.91 Å². The Balaban J connectivity index is 2.37. The minimum Gasteiger partial charge on any atom is -0.341 e. The van der Waals surface area contributed by atoms with Gasteiger partial charge in [0.15, 0.2) is 0 Å². The number of hydrogen-bond acceptors (Lipinski definition) is 2. The molecule has 0 aromatic carbocycles. The number of nitrogens with one attached hydrogen (secondary N) is 1. The highest BCUT2D eigenvalue weighted by atomic mass is 16.2. The molecule has 0 unspecified atom stereocenters. The number of nitrogens with zero attached hydrogens (tertiary/aromatic N) is 1. The molecule has 0 saturated carbocycles. The molecule has 1 atom stereocenters. The van der Waals surface area contributed by atoms with Crippen molar-refractivity contribution in [2.75, 3.05) is 13.1 Å². The number of likely N-dealkylation sites (tertiary alicyclic amines) is 1. The first kappa shape index (κ1) is 11.5. The van der Waals surface area contributed by atoms with Crippen molar-refractivity contribution < 1.29 is 4.79 Å². The van der Waals surface area contributed by atoms with Gasteiger partial charge in [0.05, 0.1) is 0 Å². The molecular weight excluding hydrogens is 176 g/mol. The van der Waals surface area contributed by atoms with Gasteiger partial charge in [-0.2, -0.15) is 0 Å². The molecule has 14 heavy (non-hydrogen) atoms. The van der Waals surface area contributed by atoms with E-state index in [2.05, 4.69) is 19.2 Å². The van der Waals surface area contributed by atoms with Crippen LogP contribution in [0.1, 0.15) is 40.0 Å². The molecular formula is C11H22N2O. The van der Waals surface area contributed by atoms with E-state index in [4.69, 9.17) is 0 Å². The summed E-state index contributed by atoms with van der Waals surface area (Å²) in [7, 11) is 0. The Morgan fingerprint density at radius 1 is 1.43 bits per heavy atom. The van der Waals surface area contributed by atoms with E-state index in [1.54, 1.807) is 0 Å². The molecule has 82 valence electrons. The van der Waals surface area contributed by atoms with Gasteiger partial charge in [0.25, 0.3) is 0 Å². The van der Waals surface area contributed by atoms with Crippen molar-refractivity contribution in [3.8, 4) is 0 Å². The molecule has 1 N–H and O–H groups in total. The molecule has 0 aliphatic carbocycles. The Labute approximate surface area is 86.9 Å². The molecule has 1 amide bonds. The van der Waals surface area contributed by atoms with E-state index < -0.39 is 0 Å². The van der Waals surface area contributed by atoms with Gasteiger partial charge in [-0.25, -0.2) is 0 Å². The van der Waals surface area contributed by atoms with Gasteiger partial charge in [-0.15, -0.1) is 0 Å². The Kier molecular flexibility index (Phi) is 4.39. The van der Waals surface area contributed by atoms with Gasteiger partial charge in [0.1, 0.15) is 0 Å². The Morgan fingerprint density at radius 3 is 2.50 bits per heavy atom. The molecule has 0 radical (unpaired) electrons. The second-order valence-electron chi connectivity index (χ2n) is 4.01. The maximum atomic E-state index is 11.5. The molecule has 1 rings (SSSR count). The largest absolute Gasteiger partial charge is 0.341 e. The van der Waals surface area contributed by atoms with Gasteiger partial charge in [-0.05, 0) is 19.8 Å². The van der Waals surface area contributed by atoms with Gasteiger partial charge < -0.3 is 10.2 Å². The molecule has 0 aromatic heterocycles. The molecule has 0 bridgehead atoms. The number of carbonyl (C=O) groups excluding carboxylic acids is 1.